The van der Waals surface area contributed by atoms with Crippen LogP contribution in [0.1, 0.15) is 17.9 Å². The zero-order valence-corrected chi connectivity index (χ0v) is 18.0. The van der Waals surface area contributed by atoms with Gasteiger partial charge in [-0.05, 0) is 30.2 Å². The molecule has 2 aromatic rings. The molecule has 9 heteroatoms. The van der Waals surface area contributed by atoms with Gasteiger partial charge in [0.2, 0.25) is 0 Å². The number of nitrogens with one attached hydrogen (secondary N) is 1. The van der Waals surface area contributed by atoms with Gasteiger partial charge in [-0.25, -0.2) is 9.59 Å². The third-order valence-corrected chi connectivity index (χ3v) is 6.51. The number of benzene rings is 2. The van der Waals surface area contributed by atoms with Gasteiger partial charge in [0.1, 0.15) is 6.04 Å². The van der Waals surface area contributed by atoms with Gasteiger partial charge in [0.15, 0.2) is 0 Å². The van der Waals surface area contributed by atoms with Gasteiger partial charge < -0.3 is 15.1 Å². The topological polar surface area (TPSA) is 73.0 Å². The molecule has 0 bridgehead atoms. The number of fused-ring (bicyclic) bond motifs is 1. The third-order valence-electron chi connectivity index (χ3n) is 6.07. The Balaban J connectivity index is 1.26. The van der Waals surface area contributed by atoms with Gasteiger partial charge in [-0.3, -0.25) is 9.69 Å². The second kappa shape index (κ2) is 7.73. The number of anilines is 1. The largest absolute Gasteiger partial charge is 0.327 e. The molecule has 0 spiro atoms. The number of carbonyl (C=O) groups excluding carboxylic acids is 3. The van der Waals surface area contributed by atoms with Gasteiger partial charge in [0.05, 0.1) is 6.54 Å². The predicted octanol–water partition coefficient (Wildman–Crippen LogP) is 4.03. The minimum Gasteiger partial charge on any atom is -0.320 e. The van der Waals surface area contributed by atoms with E-state index in [-0.39, 0.29) is 36.5 Å². The zero-order valence-electron chi connectivity index (χ0n) is 16.5. The van der Waals surface area contributed by atoms with E-state index in [1.165, 1.54) is 4.90 Å². The molecular weight excluding hydrogens is 439 g/mol. The van der Waals surface area contributed by atoms with Crippen LogP contribution in [0, 0.1) is 0 Å². The lowest BCUT2D eigenvalue weighted by atomic mass is 10.1. The Labute approximate surface area is 189 Å². The highest BCUT2D eigenvalue weighted by Gasteiger charge is 2.56. The van der Waals surface area contributed by atoms with Crippen molar-refractivity contribution in [2.75, 3.05) is 25.0 Å². The summed E-state index contributed by atoms with van der Waals surface area (Å²) >= 11 is 12.0. The lowest BCUT2D eigenvalue weighted by Gasteiger charge is -2.35. The van der Waals surface area contributed by atoms with Gasteiger partial charge in [0.25, 0.3) is 5.91 Å². The Bertz CT molecular complexity index is 1040. The molecule has 1 N–H and O–H groups in total. The van der Waals surface area contributed by atoms with Crippen LogP contribution in [0.25, 0.3) is 0 Å². The highest BCUT2D eigenvalue weighted by molar-refractivity contribution is 6.35. The van der Waals surface area contributed by atoms with Crippen LogP contribution in [0.5, 0.6) is 0 Å². The standard InChI is InChI=1S/C22H20Cl2N4O3/c23-14-8-15(24)10-16(9-14)25-21(30)26-6-7-27-19(12-26)20(29)28(22(27)31)18-11-17(18)13-4-2-1-3-5-13/h1-5,8-10,17-19H,6-7,11-12H2,(H,25,30)/t17-,18+,19?/m1/s1. The molecule has 1 saturated carbocycles. The SMILES string of the molecule is O=C(Nc1cc(Cl)cc(Cl)c1)N1CCN2C(=O)N([C@H]3C[C@@H]3c3ccccc3)C(=O)C2C1. The van der Waals surface area contributed by atoms with Gasteiger partial charge in [0, 0.05) is 40.8 Å². The average Bonchev–Trinajstić information content (AvgIpc) is 3.49. The molecule has 2 heterocycles. The zero-order chi connectivity index (χ0) is 21.7. The fraction of sp³-hybridized carbons (Fsp3) is 0.318. The molecular formula is C22H20Cl2N4O3. The van der Waals surface area contributed by atoms with Crippen LogP contribution in [-0.4, -0.2) is 64.4 Å². The maximum atomic E-state index is 13.1. The number of amides is 5. The monoisotopic (exact) mass is 458 g/mol. The maximum Gasteiger partial charge on any atom is 0.327 e. The third kappa shape index (κ3) is 3.72. The summed E-state index contributed by atoms with van der Waals surface area (Å²) in [5, 5.41) is 3.59. The summed E-state index contributed by atoms with van der Waals surface area (Å²) in [5.41, 5.74) is 1.61. The normalized spacial score (nSPS) is 25.0. The number of hydrogen-bond acceptors (Lipinski definition) is 3. The molecule has 2 saturated heterocycles. The van der Waals surface area contributed by atoms with Crippen LogP contribution < -0.4 is 5.32 Å². The minimum absolute atomic E-state index is 0.108. The van der Waals surface area contributed by atoms with E-state index in [1.807, 2.05) is 30.3 Å². The van der Waals surface area contributed by atoms with Crippen molar-refractivity contribution in [2.24, 2.45) is 0 Å². The molecule has 160 valence electrons. The van der Waals surface area contributed by atoms with Gasteiger partial charge in [-0.2, -0.15) is 0 Å². The molecule has 2 aromatic carbocycles. The Kier molecular flexibility index (Phi) is 5.02. The van der Waals surface area contributed by atoms with E-state index in [4.69, 9.17) is 23.2 Å². The molecule has 3 aliphatic rings. The molecule has 3 atom stereocenters. The fourth-order valence-corrected chi connectivity index (χ4v) is 4.99. The number of halogens is 2. The fourth-order valence-electron chi connectivity index (χ4n) is 4.46. The summed E-state index contributed by atoms with van der Waals surface area (Å²) in [4.78, 5) is 43.3. The van der Waals surface area contributed by atoms with E-state index < -0.39 is 6.04 Å². The first kappa shape index (κ1) is 20.2. The van der Waals surface area contributed by atoms with Crippen molar-refractivity contribution < 1.29 is 14.4 Å². The summed E-state index contributed by atoms with van der Waals surface area (Å²) in [7, 11) is 0. The molecule has 5 rings (SSSR count). The lowest BCUT2D eigenvalue weighted by molar-refractivity contribution is -0.129. The Morgan fingerprint density at radius 2 is 1.71 bits per heavy atom. The molecule has 1 aliphatic carbocycles. The first-order valence-corrected chi connectivity index (χ1v) is 10.9. The molecule has 2 aliphatic heterocycles. The van der Waals surface area contributed by atoms with E-state index in [1.54, 1.807) is 28.0 Å². The van der Waals surface area contributed by atoms with Crippen molar-refractivity contribution in [3.8, 4) is 0 Å². The second-order valence-electron chi connectivity index (χ2n) is 8.05. The number of urea groups is 2. The number of piperazine rings is 1. The molecule has 7 nitrogen and oxygen atoms in total. The van der Waals surface area contributed by atoms with Gasteiger partial charge in [-0.15, -0.1) is 0 Å². The summed E-state index contributed by atoms with van der Waals surface area (Å²) in [6.07, 6.45) is 0.780. The van der Waals surface area contributed by atoms with E-state index in [0.717, 1.165) is 12.0 Å². The Morgan fingerprint density at radius 3 is 2.42 bits per heavy atom. The molecule has 0 radical (unpaired) electrons. The summed E-state index contributed by atoms with van der Waals surface area (Å²) in [5.74, 6) is -0.0424. The molecule has 1 unspecified atom stereocenters. The number of imide groups is 1. The second-order valence-corrected chi connectivity index (χ2v) is 8.93. The number of hydrogen-bond donors (Lipinski definition) is 1. The summed E-state index contributed by atoms with van der Waals surface area (Å²) in [6, 6.07) is 13.3. The number of rotatable bonds is 3. The van der Waals surface area contributed by atoms with E-state index in [0.29, 0.717) is 28.8 Å². The van der Waals surface area contributed by atoms with Crippen LogP contribution in [0.15, 0.2) is 48.5 Å². The quantitative estimate of drug-likeness (QED) is 0.705. The minimum atomic E-state index is -0.646. The van der Waals surface area contributed by atoms with E-state index in [2.05, 4.69) is 5.32 Å². The first-order valence-electron chi connectivity index (χ1n) is 10.1. The van der Waals surface area contributed by atoms with Crippen molar-refractivity contribution in [3.05, 3.63) is 64.1 Å². The van der Waals surface area contributed by atoms with Crippen LogP contribution in [0.2, 0.25) is 10.0 Å². The number of carbonyl (C=O) groups is 3. The molecule has 0 aromatic heterocycles. The van der Waals surface area contributed by atoms with Crippen LogP contribution in [-0.2, 0) is 4.79 Å². The Morgan fingerprint density at radius 1 is 1.00 bits per heavy atom. The van der Waals surface area contributed by atoms with Crippen LogP contribution in [0.4, 0.5) is 15.3 Å². The molecule has 3 fully saturated rings. The lowest BCUT2D eigenvalue weighted by Crippen LogP contribution is -2.55. The van der Waals surface area contributed by atoms with Crippen molar-refractivity contribution in [1.82, 2.24) is 14.7 Å². The van der Waals surface area contributed by atoms with Crippen molar-refractivity contribution >= 4 is 46.9 Å². The van der Waals surface area contributed by atoms with Gasteiger partial charge in [-0.1, -0.05) is 53.5 Å². The first-order chi connectivity index (χ1) is 14.9. The van der Waals surface area contributed by atoms with Gasteiger partial charge >= 0.3 is 12.1 Å². The Hall–Kier alpha value is -2.77. The average molecular weight is 459 g/mol. The highest BCUT2D eigenvalue weighted by atomic mass is 35.5. The van der Waals surface area contributed by atoms with Crippen molar-refractivity contribution in [1.29, 1.82) is 0 Å². The summed E-state index contributed by atoms with van der Waals surface area (Å²) < 4.78 is 0. The molecule has 31 heavy (non-hydrogen) atoms. The molecule has 5 amide bonds. The number of nitrogens with zero attached hydrogens (tertiary/aromatic N) is 3. The highest BCUT2D eigenvalue weighted by Crippen LogP contribution is 2.46. The summed E-state index contributed by atoms with van der Waals surface area (Å²) in [6.45, 7) is 0.818. The van der Waals surface area contributed by atoms with Crippen LogP contribution in [0.3, 0.4) is 0 Å². The van der Waals surface area contributed by atoms with Crippen LogP contribution >= 0.6 is 23.2 Å². The van der Waals surface area contributed by atoms with E-state index >= 15 is 0 Å². The van der Waals surface area contributed by atoms with E-state index in [9.17, 15) is 14.4 Å². The maximum absolute atomic E-state index is 13.1. The predicted molar refractivity (Wildman–Crippen MR) is 117 cm³/mol. The smallest absolute Gasteiger partial charge is 0.320 e. The van der Waals surface area contributed by atoms with Crippen molar-refractivity contribution in [3.63, 3.8) is 0 Å². The van der Waals surface area contributed by atoms with Crippen molar-refractivity contribution in [2.45, 2.75) is 24.4 Å².